The second-order valence-corrected chi connectivity index (χ2v) is 10.6. The van der Waals surface area contributed by atoms with Crippen molar-refractivity contribution in [3.05, 3.63) is 40.7 Å². The predicted molar refractivity (Wildman–Crippen MR) is 120 cm³/mol. The number of fused-ring (bicyclic) bond motifs is 1. The molecule has 11 heteroatoms. The number of benzene rings is 1. The molecule has 2 aliphatic rings. The number of hydrogen-bond donors (Lipinski definition) is 1. The summed E-state index contributed by atoms with van der Waals surface area (Å²) in [7, 11) is -2.37. The van der Waals surface area contributed by atoms with Crippen LogP contribution < -0.4 is 9.62 Å². The highest BCUT2D eigenvalue weighted by molar-refractivity contribution is 7.89. The van der Waals surface area contributed by atoms with Crippen LogP contribution in [0.3, 0.4) is 0 Å². The fourth-order valence-electron chi connectivity index (χ4n) is 4.35. The van der Waals surface area contributed by atoms with Gasteiger partial charge < -0.3 is 4.90 Å². The number of urea groups is 1. The summed E-state index contributed by atoms with van der Waals surface area (Å²) in [4.78, 5) is 28.7. The normalized spacial score (nSPS) is 21.6. The van der Waals surface area contributed by atoms with Crippen LogP contribution in [0.5, 0.6) is 0 Å². The molecule has 2 unspecified atom stereocenters. The van der Waals surface area contributed by atoms with E-state index in [1.807, 2.05) is 12.1 Å². The van der Waals surface area contributed by atoms with E-state index in [1.165, 1.54) is 14.5 Å². The minimum atomic E-state index is -3.93. The summed E-state index contributed by atoms with van der Waals surface area (Å²) in [6.45, 7) is 6.00. The molecule has 2 atom stereocenters. The zero-order valence-corrected chi connectivity index (χ0v) is 19.9. The molecule has 3 amide bonds. The van der Waals surface area contributed by atoms with E-state index < -0.39 is 22.1 Å². The first kappa shape index (κ1) is 22.8. The van der Waals surface area contributed by atoms with Crippen LogP contribution in [0.25, 0.3) is 0 Å². The van der Waals surface area contributed by atoms with Crippen molar-refractivity contribution in [2.24, 2.45) is 7.05 Å². The Hall–Kier alpha value is -2.43. The van der Waals surface area contributed by atoms with E-state index in [0.29, 0.717) is 23.7 Å². The lowest BCUT2D eigenvalue weighted by Crippen LogP contribution is -2.49. The maximum absolute atomic E-state index is 13.1. The van der Waals surface area contributed by atoms with Gasteiger partial charge in [-0.15, -0.1) is 0 Å². The van der Waals surface area contributed by atoms with Crippen molar-refractivity contribution in [2.75, 3.05) is 11.4 Å². The van der Waals surface area contributed by atoms with Gasteiger partial charge in [0.05, 0.1) is 11.4 Å². The zero-order valence-electron chi connectivity index (χ0n) is 18.4. The Morgan fingerprint density at radius 1 is 1.19 bits per heavy atom. The Morgan fingerprint density at radius 3 is 2.41 bits per heavy atom. The van der Waals surface area contributed by atoms with Gasteiger partial charge >= 0.3 is 6.03 Å². The number of rotatable bonds is 5. The molecule has 0 saturated carbocycles. The van der Waals surface area contributed by atoms with Gasteiger partial charge in [-0.3, -0.25) is 9.48 Å². The molecule has 2 fully saturated rings. The summed E-state index contributed by atoms with van der Waals surface area (Å²) in [5.74, 6) is -0.00196. The average Bonchev–Trinajstić information content (AvgIpc) is 3.13. The number of carbonyl (C=O) groups is 2. The van der Waals surface area contributed by atoms with Gasteiger partial charge in [-0.25, -0.2) is 22.8 Å². The zero-order chi connectivity index (χ0) is 23.4. The number of aryl methyl sites for hydroxylation is 2. The molecule has 1 aromatic heterocycles. The van der Waals surface area contributed by atoms with Gasteiger partial charge in [-0.1, -0.05) is 37.6 Å². The Morgan fingerprint density at radius 2 is 1.84 bits per heavy atom. The third-order valence-corrected chi connectivity index (χ3v) is 8.27. The molecule has 2 saturated heterocycles. The second kappa shape index (κ2) is 8.17. The third kappa shape index (κ3) is 3.80. The summed E-state index contributed by atoms with van der Waals surface area (Å²) >= 11 is 6.13. The molecule has 32 heavy (non-hydrogen) atoms. The molecule has 3 heterocycles. The van der Waals surface area contributed by atoms with Crippen LogP contribution >= 0.6 is 11.6 Å². The molecule has 0 bridgehead atoms. The van der Waals surface area contributed by atoms with E-state index in [1.54, 1.807) is 26.1 Å². The van der Waals surface area contributed by atoms with Crippen LogP contribution in [0.2, 0.25) is 5.15 Å². The molecule has 2 aliphatic heterocycles. The van der Waals surface area contributed by atoms with Crippen LogP contribution in [0.4, 0.5) is 10.5 Å². The maximum atomic E-state index is 13.1. The lowest BCUT2D eigenvalue weighted by Gasteiger charge is -2.32. The first-order valence-electron chi connectivity index (χ1n) is 10.5. The van der Waals surface area contributed by atoms with E-state index in [2.05, 4.69) is 23.7 Å². The largest absolute Gasteiger partial charge is 0.332 e. The average molecular weight is 480 g/mol. The van der Waals surface area contributed by atoms with Gasteiger partial charge in [0.15, 0.2) is 0 Å². The summed E-state index contributed by atoms with van der Waals surface area (Å²) in [6, 6.07) is 5.79. The Bertz CT molecular complexity index is 1180. The number of halogens is 1. The summed E-state index contributed by atoms with van der Waals surface area (Å²) in [5, 5.41) is 4.08. The monoisotopic (exact) mass is 479 g/mol. The van der Waals surface area contributed by atoms with Gasteiger partial charge in [-0.2, -0.15) is 5.10 Å². The number of aromatic nitrogens is 2. The van der Waals surface area contributed by atoms with Crippen LogP contribution in [-0.4, -0.2) is 53.7 Å². The second-order valence-electron chi connectivity index (χ2n) is 8.58. The quantitative estimate of drug-likeness (QED) is 0.664. The number of anilines is 1. The van der Waals surface area contributed by atoms with Gasteiger partial charge in [0.25, 0.3) is 5.91 Å². The molecular formula is C21H26ClN5O4S. The lowest BCUT2D eigenvalue weighted by atomic mass is 9.99. The number of hydrogen-bond acceptors (Lipinski definition) is 5. The molecule has 0 aliphatic carbocycles. The van der Waals surface area contributed by atoms with Crippen LogP contribution in [-0.2, 0) is 21.9 Å². The van der Waals surface area contributed by atoms with E-state index in [9.17, 15) is 18.0 Å². The number of nitrogens with one attached hydrogen (secondary N) is 1. The number of nitrogens with zero attached hydrogens (tertiary/aromatic N) is 4. The van der Waals surface area contributed by atoms with Crippen LogP contribution in [0, 0.1) is 6.92 Å². The molecule has 2 aromatic rings. The van der Waals surface area contributed by atoms with Crippen LogP contribution in [0.15, 0.2) is 29.2 Å². The smallest absolute Gasteiger partial charge is 0.312 e. The number of piperidine rings is 1. The first-order chi connectivity index (χ1) is 15.0. The standard InChI is InChI=1S/C21H26ClN5O4S/c1-12(2)14-5-7-16(8-6-14)27-20(28)17-11-15(9-10-26(17)21(27)29)24-32(30,31)18-13(3)23-25(4)19(18)22/h5-8,12,15,17,24H,9-11H2,1-4H3. The third-order valence-electron chi connectivity index (χ3n) is 6.05. The van der Waals surface area contributed by atoms with E-state index in [4.69, 9.17) is 11.6 Å². The molecule has 0 spiro atoms. The highest BCUT2D eigenvalue weighted by atomic mass is 35.5. The molecular weight excluding hydrogens is 454 g/mol. The van der Waals surface area contributed by atoms with Crippen molar-refractivity contribution in [1.29, 1.82) is 0 Å². The molecule has 1 aromatic carbocycles. The number of amides is 3. The summed E-state index contributed by atoms with van der Waals surface area (Å²) < 4.78 is 29.8. The topological polar surface area (TPSA) is 105 Å². The van der Waals surface area contributed by atoms with Crippen molar-refractivity contribution >= 4 is 39.2 Å². The minimum absolute atomic E-state index is 0.0237. The van der Waals surface area contributed by atoms with Crippen molar-refractivity contribution in [1.82, 2.24) is 19.4 Å². The van der Waals surface area contributed by atoms with Gasteiger partial charge in [-0.05, 0) is 43.4 Å². The SMILES string of the molecule is Cc1nn(C)c(Cl)c1S(=O)(=O)NC1CCN2C(=O)N(c3ccc(C(C)C)cc3)C(=O)C2C1. The van der Waals surface area contributed by atoms with Crippen molar-refractivity contribution in [2.45, 2.75) is 56.5 Å². The van der Waals surface area contributed by atoms with Crippen molar-refractivity contribution in [3.63, 3.8) is 0 Å². The maximum Gasteiger partial charge on any atom is 0.332 e. The number of carbonyl (C=O) groups excluding carboxylic acids is 2. The molecule has 4 rings (SSSR count). The molecule has 172 valence electrons. The van der Waals surface area contributed by atoms with E-state index >= 15 is 0 Å². The van der Waals surface area contributed by atoms with E-state index in [-0.39, 0.29) is 35.0 Å². The fourth-order valence-corrected chi connectivity index (χ4v) is 6.38. The number of sulfonamides is 1. The van der Waals surface area contributed by atoms with E-state index in [0.717, 1.165) is 5.56 Å². The Balaban J connectivity index is 1.52. The van der Waals surface area contributed by atoms with Crippen LogP contribution in [0.1, 0.15) is 43.9 Å². The van der Waals surface area contributed by atoms with Gasteiger partial charge in [0.2, 0.25) is 10.0 Å². The highest BCUT2D eigenvalue weighted by Gasteiger charge is 2.49. The Labute approximate surface area is 192 Å². The minimum Gasteiger partial charge on any atom is -0.312 e. The molecule has 0 radical (unpaired) electrons. The van der Waals surface area contributed by atoms with Gasteiger partial charge in [0.1, 0.15) is 16.1 Å². The number of imide groups is 1. The molecule has 9 nitrogen and oxygen atoms in total. The van der Waals surface area contributed by atoms with Gasteiger partial charge in [0, 0.05) is 19.6 Å². The van der Waals surface area contributed by atoms with Crippen molar-refractivity contribution in [3.8, 4) is 0 Å². The summed E-state index contributed by atoms with van der Waals surface area (Å²) in [5.41, 5.74) is 1.93. The highest BCUT2D eigenvalue weighted by Crippen LogP contribution is 2.32. The fraction of sp³-hybridized carbons (Fsp3) is 0.476. The molecule has 1 N–H and O–H groups in total. The lowest BCUT2D eigenvalue weighted by molar-refractivity contribution is -0.120. The first-order valence-corrected chi connectivity index (χ1v) is 12.3. The predicted octanol–water partition coefficient (Wildman–Crippen LogP) is 2.78. The van der Waals surface area contributed by atoms with Crippen molar-refractivity contribution < 1.29 is 18.0 Å². The Kier molecular flexibility index (Phi) is 5.81. The summed E-state index contributed by atoms with van der Waals surface area (Å²) in [6.07, 6.45) is 0.590.